The molecule has 2 N–H and O–H groups in total. The molecule has 0 aliphatic carbocycles. The SMILES string of the molecule is COc1ccc(OC)c(C(N)c2ccc(Cl)o2)c1. The van der Waals surface area contributed by atoms with Gasteiger partial charge in [-0.25, -0.2) is 0 Å². The smallest absolute Gasteiger partial charge is 0.193 e. The van der Waals surface area contributed by atoms with E-state index in [4.69, 9.17) is 31.2 Å². The molecule has 1 heterocycles. The van der Waals surface area contributed by atoms with Crippen LogP contribution in [0.15, 0.2) is 34.7 Å². The van der Waals surface area contributed by atoms with Crippen LogP contribution in [-0.4, -0.2) is 14.2 Å². The molecule has 0 aliphatic rings. The maximum absolute atomic E-state index is 6.14. The van der Waals surface area contributed by atoms with Crippen LogP contribution in [0.1, 0.15) is 17.4 Å². The van der Waals surface area contributed by atoms with Gasteiger partial charge in [-0.15, -0.1) is 0 Å². The summed E-state index contributed by atoms with van der Waals surface area (Å²) in [6.45, 7) is 0. The Morgan fingerprint density at radius 2 is 1.94 bits per heavy atom. The number of benzene rings is 1. The van der Waals surface area contributed by atoms with Gasteiger partial charge in [0.05, 0.1) is 20.3 Å². The van der Waals surface area contributed by atoms with Crippen LogP contribution in [-0.2, 0) is 0 Å². The van der Waals surface area contributed by atoms with Gasteiger partial charge in [-0.2, -0.15) is 0 Å². The van der Waals surface area contributed by atoms with Crippen molar-refractivity contribution in [2.75, 3.05) is 14.2 Å². The molecule has 4 nitrogen and oxygen atoms in total. The van der Waals surface area contributed by atoms with Crippen LogP contribution in [0.25, 0.3) is 0 Å². The van der Waals surface area contributed by atoms with Crippen molar-refractivity contribution in [3.05, 3.63) is 46.9 Å². The number of hydrogen-bond acceptors (Lipinski definition) is 4. The summed E-state index contributed by atoms with van der Waals surface area (Å²) in [7, 11) is 3.19. The fourth-order valence-electron chi connectivity index (χ4n) is 1.73. The van der Waals surface area contributed by atoms with Crippen molar-refractivity contribution < 1.29 is 13.9 Å². The van der Waals surface area contributed by atoms with Gasteiger partial charge < -0.3 is 19.6 Å². The zero-order valence-corrected chi connectivity index (χ0v) is 10.9. The van der Waals surface area contributed by atoms with E-state index in [9.17, 15) is 0 Å². The molecule has 96 valence electrons. The fourth-order valence-corrected chi connectivity index (χ4v) is 1.88. The normalized spacial score (nSPS) is 12.2. The molecule has 5 heteroatoms. The minimum atomic E-state index is -0.456. The lowest BCUT2D eigenvalue weighted by Crippen LogP contribution is -2.12. The lowest BCUT2D eigenvalue weighted by atomic mass is 10.0. The molecule has 0 fully saturated rings. The van der Waals surface area contributed by atoms with E-state index in [1.165, 1.54) is 0 Å². The van der Waals surface area contributed by atoms with Gasteiger partial charge in [-0.3, -0.25) is 0 Å². The molecule has 18 heavy (non-hydrogen) atoms. The lowest BCUT2D eigenvalue weighted by molar-refractivity contribution is 0.393. The van der Waals surface area contributed by atoms with Gasteiger partial charge in [-0.05, 0) is 41.9 Å². The molecule has 0 amide bonds. The largest absolute Gasteiger partial charge is 0.497 e. The first-order chi connectivity index (χ1) is 8.65. The summed E-state index contributed by atoms with van der Waals surface area (Å²) in [4.78, 5) is 0. The van der Waals surface area contributed by atoms with Gasteiger partial charge in [0.25, 0.3) is 0 Å². The Morgan fingerprint density at radius 3 is 2.50 bits per heavy atom. The van der Waals surface area contributed by atoms with Gasteiger partial charge in [-0.1, -0.05) is 0 Å². The second-order valence-corrected chi connectivity index (χ2v) is 4.10. The molecule has 0 bridgehead atoms. The second kappa shape index (κ2) is 5.33. The first kappa shape index (κ1) is 12.8. The Balaban J connectivity index is 2.41. The van der Waals surface area contributed by atoms with Crippen LogP contribution in [0.2, 0.25) is 5.22 Å². The number of hydrogen-bond donors (Lipinski definition) is 1. The van der Waals surface area contributed by atoms with Crippen molar-refractivity contribution in [3.63, 3.8) is 0 Å². The van der Waals surface area contributed by atoms with Crippen molar-refractivity contribution in [1.82, 2.24) is 0 Å². The van der Waals surface area contributed by atoms with Crippen molar-refractivity contribution in [3.8, 4) is 11.5 Å². The summed E-state index contributed by atoms with van der Waals surface area (Å²) < 4.78 is 15.8. The van der Waals surface area contributed by atoms with Gasteiger partial charge >= 0.3 is 0 Å². The summed E-state index contributed by atoms with van der Waals surface area (Å²) in [5.41, 5.74) is 6.92. The van der Waals surface area contributed by atoms with Crippen LogP contribution < -0.4 is 15.2 Å². The molecule has 1 aromatic carbocycles. The Bertz CT molecular complexity index is 539. The predicted molar refractivity (Wildman–Crippen MR) is 69.3 cm³/mol. The molecule has 2 rings (SSSR count). The van der Waals surface area contributed by atoms with Gasteiger partial charge in [0.15, 0.2) is 5.22 Å². The fraction of sp³-hybridized carbons (Fsp3) is 0.231. The molecular formula is C13H14ClNO3. The van der Waals surface area contributed by atoms with E-state index in [1.807, 2.05) is 12.1 Å². The summed E-state index contributed by atoms with van der Waals surface area (Å²) in [5, 5.41) is 0.308. The second-order valence-electron chi connectivity index (χ2n) is 3.73. The first-order valence-electron chi connectivity index (χ1n) is 5.38. The van der Waals surface area contributed by atoms with Crippen LogP contribution in [0.4, 0.5) is 0 Å². The zero-order chi connectivity index (χ0) is 13.1. The van der Waals surface area contributed by atoms with E-state index in [0.717, 1.165) is 5.56 Å². The molecular weight excluding hydrogens is 254 g/mol. The molecule has 1 aromatic heterocycles. The van der Waals surface area contributed by atoms with Gasteiger partial charge in [0, 0.05) is 5.56 Å². The topological polar surface area (TPSA) is 57.6 Å². The standard InChI is InChI=1S/C13H14ClNO3/c1-16-8-3-4-10(17-2)9(7-8)13(15)11-5-6-12(14)18-11/h3-7,13H,15H2,1-2H3. The molecule has 0 saturated carbocycles. The van der Waals surface area contributed by atoms with E-state index < -0.39 is 6.04 Å². The quantitative estimate of drug-likeness (QED) is 0.925. The van der Waals surface area contributed by atoms with Crippen LogP contribution >= 0.6 is 11.6 Å². The van der Waals surface area contributed by atoms with Crippen LogP contribution in [0, 0.1) is 0 Å². The monoisotopic (exact) mass is 267 g/mol. The van der Waals surface area contributed by atoms with E-state index in [0.29, 0.717) is 22.5 Å². The van der Waals surface area contributed by atoms with Crippen molar-refractivity contribution in [2.45, 2.75) is 6.04 Å². The van der Waals surface area contributed by atoms with Gasteiger partial charge in [0.2, 0.25) is 0 Å². The number of rotatable bonds is 4. The molecule has 1 atom stereocenters. The average molecular weight is 268 g/mol. The molecule has 0 saturated heterocycles. The summed E-state index contributed by atoms with van der Waals surface area (Å²) in [5.74, 6) is 1.96. The Hall–Kier alpha value is -1.65. The Labute approximate surface area is 110 Å². The van der Waals surface area contributed by atoms with E-state index in [1.54, 1.807) is 32.4 Å². The van der Waals surface area contributed by atoms with E-state index in [-0.39, 0.29) is 0 Å². The third kappa shape index (κ3) is 2.44. The third-order valence-electron chi connectivity index (χ3n) is 2.67. The predicted octanol–water partition coefficient (Wildman–Crippen LogP) is 3.00. The van der Waals surface area contributed by atoms with Crippen LogP contribution in [0.5, 0.6) is 11.5 Å². The number of furan rings is 1. The highest BCUT2D eigenvalue weighted by Crippen LogP contribution is 2.32. The van der Waals surface area contributed by atoms with E-state index >= 15 is 0 Å². The van der Waals surface area contributed by atoms with Crippen molar-refractivity contribution in [1.29, 1.82) is 0 Å². The summed E-state index contributed by atoms with van der Waals surface area (Å²) >= 11 is 5.75. The summed E-state index contributed by atoms with van der Waals surface area (Å²) in [6.07, 6.45) is 0. The van der Waals surface area contributed by atoms with Crippen LogP contribution in [0.3, 0.4) is 0 Å². The maximum Gasteiger partial charge on any atom is 0.193 e. The maximum atomic E-state index is 6.14. The first-order valence-corrected chi connectivity index (χ1v) is 5.76. The highest BCUT2D eigenvalue weighted by molar-refractivity contribution is 6.28. The van der Waals surface area contributed by atoms with Crippen molar-refractivity contribution in [2.24, 2.45) is 5.73 Å². The average Bonchev–Trinajstić information content (AvgIpc) is 2.83. The Kier molecular flexibility index (Phi) is 3.79. The zero-order valence-electron chi connectivity index (χ0n) is 10.1. The number of ether oxygens (including phenoxy) is 2. The van der Waals surface area contributed by atoms with E-state index in [2.05, 4.69) is 0 Å². The third-order valence-corrected chi connectivity index (χ3v) is 2.88. The van der Waals surface area contributed by atoms with Gasteiger partial charge in [0.1, 0.15) is 17.3 Å². The molecule has 2 aromatic rings. The number of halogens is 1. The minimum absolute atomic E-state index is 0.308. The van der Waals surface area contributed by atoms with Crippen molar-refractivity contribution >= 4 is 11.6 Å². The molecule has 0 radical (unpaired) electrons. The molecule has 1 unspecified atom stereocenters. The lowest BCUT2D eigenvalue weighted by Gasteiger charge is -2.15. The molecule has 0 aliphatic heterocycles. The molecule has 0 spiro atoms. The number of methoxy groups -OCH3 is 2. The summed E-state index contributed by atoms with van der Waals surface area (Å²) in [6, 6.07) is 8.38. The highest BCUT2D eigenvalue weighted by Gasteiger charge is 2.18. The Morgan fingerprint density at radius 1 is 1.17 bits per heavy atom. The highest BCUT2D eigenvalue weighted by atomic mass is 35.5. The minimum Gasteiger partial charge on any atom is -0.497 e. The number of nitrogens with two attached hydrogens (primary N) is 1.